The quantitative estimate of drug-likeness (QED) is 0.586. The van der Waals surface area contributed by atoms with Crippen LogP contribution < -0.4 is 16.6 Å². The number of aromatic nitrogens is 3. The summed E-state index contributed by atoms with van der Waals surface area (Å²) in [6.07, 6.45) is 1.34. The number of hydrogen-bond acceptors (Lipinski definition) is 4. The minimum atomic E-state index is -0.601. The van der Waals surface area contributed by atoms with Crippen LogP contribution in [0.1, 0.15) is 29.0 Å². The van der Waals surface area contributed by atoms with Gasteiger partial charge in [0.25, 0.3) is 11.5 Å². The summed E-state index contributed by atoms with van der Waals surface area (Å²) in [5.41, 5.74) is 6.39. The van der Waals surface area contributed by atoms with E-state index in [-0.39, 0.29) is 17.3 Å². The zero-order valence-corrected chi connectivity index (χ0v) is 12.9. The van der Waals surface area contributed by atoms with Gasteiger partial charge in [0, 0.05) is 21.5 Å². The number of rotatable bonds is 4. The average molecular weight is 332 g/mol. The predicted molar refractivity (Wildman–Crippen MR) is 88.7 cm³/mol. The van der Waals surface area contributed by atoms with E-state index in [1.54, 1.807) is 24.3 Å². The highest BCUT2D eigenvalue weighted by atomic mass is 35.5. The van der Waals surface area contributed by atoms with Crippen LogP contribution in [0.3, 0.4) is 0 Å². The van der Waals surface area contributed by atoms with Gasteiger partial charge in [0.2, 0.25) is 5.95 Å². The van der Waals surface area contributed by atoms with Gasteiger partial charge >= 0.3 is 0 Å². The van der Waals surface area contributed by atoms with Gasteiger partial charge in [0.1, 0.15) is 5.69 Å². The molecule has 0 radical (unpaired) electrons. The van der Waals surface area contributed by atoms with E-state index >= 15 is 0 Å². The maximum absolute atomic E-state index is 12.2. The minimum absolute atomic E-state index is 0.193. The number of nitrogens with zero attached hydrogens (tertiary/aromatic N) is 1. The molecular weight excluding hydrogens is 318 g/mol. The van der Waals surface area contributed by atoms with Crippen molar-refractivity contribution >= 4 is 34.4 Å². The number of amides is 1. The summed E-state index contributed by atoms with van der Waals surface area (Å²) < 4.78 is 0. The molecule has 23 heavy (non-hydrogen) atoms. The number of carbonyl (C=O) groups excluding carboxylic acids is 1. The molecule has 3 rings (SSSR count). The first kappa shape index (κ1) is 15.1. The second-order valence-electron chi connectivity index (χ2n) is 5.16. The maximum Gasteiger partial charge on any atom is 0.266 e. The van der Waals surface area contributed by atoms with E-state index in [0.29, 0.717) is 22.1 Å². The Bertz CT molecular complexity index is 946. The molecule has 2 heterocycles. The molecular formula is C15H14ClN5O2. The van der Waals surface area contributed by atoms with Crippen LogP contribution >= 0.6 is 11.6 Å². The molecule has 118 valence electrons. The first-order valence-corrected chi connectivity index (χ1v) is 7.25. The molecule has 2 aromatic heterocycles. The van der Waals surface area contributed by atoms with Gasteiger partial charge in [-0.05, 0) is 31.2 Å². The first-order valence-electron chi connectivity index (χ1n) is 6.88. The zero-order chi connectivity index (χ0) is 16.6. The molecule has 1 aromatic carbocycles. The summed E-state index contributed by atoms with van der Waals surface area (Å²) in [6, 6.07) is 6.69. The average Bonchev–Trinajstić information content (AvgIpc) is 2.95. The number of H-pyrrole nitrogens is 2. The number of aromatic amines is 2. The van der Waals surface area contributed by atoms with Crippen LogP contribution in [0.15, 0.2) is 35.3 Å². The van der Waals surface area contributed by atoms with Crippen molar-refractivity contribution in [3.8, 4) is 0 Å². The van der Waals surface area contributed by atoms with Crippen LogP contribution in [0.5, 0.6) is 0 Å². The van der Waals surface area contributed by atoms with Gasteiger partial charge in [0.15, 0.2) is 0 Å². The lowest BCUT2D eigenvalue weighted by Crippen LogP contribution is -2.20. The summed E-state index contributed by atoms with van der Waals surface area (Å²) in [4.78, 5) is 32.9. The molecule has 0 aliphatic rings. The van der Waals surface area contributed by atoms with Crippen molar-refractivity contribution in [1.82, 2.24) is 15.0 Å². The number of carbonyl (C=O) groups is 1. The number of benzene rings is 1. The molecule has 1 atom stereocenters. The van der Waals surface area contributed by atoms with Crippen LogP contribution in [0.2, 0.25) is 5.02 Å². The highest BCUT2D eigenvalue weighted by Gasteiger charge is 2.13. The Kier molecular flexibility index (Phi) is 3.79. The largest absolute Gasteiger partial charge is 0.364 e. The fourth-order valence-corrected chi connectivity index (χ4v) is 2.50. The molecule has 0 aliphatic carbocycles. The van der Waals surface area contributed by atoms with E-state index in [4.69, 9.17) is 17.3 Å². The van der Waals surface area contributed by atoms with Gasteiger partial charge in [-0.25, -0.2) is 4.98 Å². The molecule has 8 heteroatoms. The van der Waals surface area contributed by atoms with Crippen molar-refractivity contribution in [3.63, 3.8) is 0 Å². The van der Waals surface area contributed by atoms with Crippen LogP contribution in [0.4, 0.5) is 5.95 Å². The molecule has 0 spiro atoms. The molecule has 0 saturated carbocycles. The topological polar surface area (TPSA) is 117 Å². The lowest BCUT2D eigenvalue weighted by molar-refractivity contribution is 0.0996. The fourth-order valence-electron chi connectivity index (χ4n) is 2.32. The summed E-state index contributed by atoms with van der Waals surface area (Å²) in [6.45, 7) is 1.81. The molecule has 0 saturated heterocycles. The standard InChI is InChI=1S/C15H14ClN5O2/c1-7(19-15-18-6-12(21-15)13(17)22)10-5-8-4-9(16)2-3-11(8)20-14(10)23/h2-7H,1H3,(H2,17,22)(H,20,23)(H2,18,19,21)/t7-/m0/s1. The van der Waals surface area contributed by atoms with Crippen LogP contribution in [0.25, 0.3) is 10.9 Å². The lowest BCUT2D eigenvalue weighted by atomic mass is 10.1. The number of primary amides is 1. The van der Waals surface area contributed by atoms with Crippen molar-refractivity contribution in [2.45, 2.75) is 13.0 Å². The molecule has 1 amide bonds. The normalized spacial score (nSPS) is 12.3. The molecule has 0 bridgehead atoms. The Labute approximate surface area is 135 Å². The Morgan fingerprint density at radius 1 is 1.35 bits per heavy atom. The maximum atomic E-state index is 12.2. The summed E-state index contributed by atoms with van der Waals surface area (Å²) in [5.74, 6) is -0.242. The number of anilines is 1. The number of halogens is 1. The van der Waals surface area contributed by atoms with Gasteiger partial charge in [-0.2, -0.15) is 0 Å². The molecule has 0 unspecified atom stereocenters. The molecule has 0 fully saturated rings. The monoisotopic (exact) mass is 331 g/mol. The Balaban J connectivity index is 1.93. The Hall–Kier alpha value is -2.80. The number of nitrogens with one attached hydrogen (secondary N) is 3. The Morgan fingerprint density at radius 3 is 2.83 bits per heavy atom. The molecule has 3 aromatic rings. The minimum Gasteiger partial charge on any atom is -0.364 e. The molecule has 0 aliphatic heterocycles. The summed E-state index contributed by atoms with van der Waals surface area (Å²) in [5, 5.41) is 4.45. The van der Waals surface area contributed by atoms with E-state index in [9.17, 15) is 9.59 Å². The van der Waals surface area contributed by atoms with Gasteiger partial charge < -0.3 is 21.0 Å². The molecule has 5 N–H and O–H groups in total. The third kappa shape index (κ3) is 3.04. The van der Waals surface area contributed by atoms with Crippen molar-refractivity contribution in [2.24, 2.45) is 5.73 Å². The number of imidazole rings is 1. The zero-order valence-electron chi connectivity index (χ0n) is 12.2. The predicted octanol–water partition coefficient (Wildman–Crippen LogP) is 2.18. The third-order valence-electron chi connectivity index (χ3n) is 3.50. The highest BCUT2D eigenvalue weighted by Crippen LogP contribution is 2.21. The van der Waals surface area contributed by atoms with Gasteiger partial charge in [0.05, 0.1) is 12.2 Å². The van der Waals surface area contributed by atoms with Crippen LogP contribution in [-0.2, 0) is 0 Å². The Morgan fingerprint density at radius 2 is 2.13 bits per heavy atom. The third-order valence-corrected chi connectivity index (χ3v) is 3.73. The number of pyridine rings is 1. The van der Waals surface area contributed by atoms with Crippen molar-refractivity contribution in [3.05, 3.63) is 57.1 Å². The van der Waals surface area contributed by atoms with Gasteiger partial charge in [-0.15, -0.1) is 0 Å². The van der Waals surface area contributed by atoms with E-state index < -0.39 is 5.91 Å². The van der Waals surface area contributed by atoms with Crippen molar-refractivity contribution in [1.29, 1.82) is 0 Å². The summed E-state index contributed by atoms with van der Waals surface area (Å²) in [7, 11) is 0. The summed E-state index contributed by atoms with van der Waals surface area (Å²) >= 11 is 5.99. The van der Waals surface area contributed by atoms with E-state index in [1.807, 2.05) is 6.92 Å². The lowest BCUT2D eigenvalue weighted by Gasteiger charge is -2.13. The van der Waals surface area contributed by atoms with E-state index in [1.165, 1.54) is 6.20 Å². The second-order valence-corrected chi connectivity index (χ2v) is 5.60. The molecule has 7 nitrogen and oxygen atoms in total. The second kappa shape index (κ2) is 5.77. The smallest absolute Gasteiger partial charge is 0.266 e. The number of fused-ring (bicyclic) bond motifs is 1. The van der Waals surface area contributed by atoms with Crippen LogP contribution in [0, 0.1) is 0 Å². The fraction of sp³-hybridized carbons (Fsp3) is 0.133. The van der Waals surface area contributed by atoms with Crippen molar-refractivity contribution in [2.75, 3.05) is 5.32 Å². The van der Waals surface area contributed by atoms with Gasteiger partial charge in [-0.1, -0.05) is 11.6 Å². The SMILES string of the molecule is C[C@H](Nc1ncc(C(N)=O)[nH]1)c1cc2cc(Cl)ccc2[nH]c1=O. The number of nitrogens with two attached hydrogens (primary N) is 1. The highest BCUT2D eigenvalue weighted by molar-refractivity contribution is 6.31. The van der Waals surface area contributed by atoms with Crippen LogP contribution in [-0.4, -0.2) is 20.9 Å². The van der Waals surface area contributed by atoms with E-state index in [0.717, 1.165) is 5.39 Å². The van der Waals surface area contributed by atoms with E-state index in [2.05, 4.69) is 20.3 Å². The van der Waals surface area contributed by atoms with Crippen molar-refractivity contribution < 1.29 is 4.79 Å². The number of hydrogen-bond donors (Lipinski definition) is 4. The van der Waals surface area contributed by atoms with Gasteiger partial charge in [-0.3, -0.25) is 9.59 Å². The first-order chi connectivity index (χ1) is 10.9.